The molecule has 0 aliphatic carbocycles. The van der Waals surface area contributed by atoms with Crippen molar-refractivity contribution in [2.45, 2.75) is 30.6 Å². The van der Waals surface area contributed by atoms with E-state index >= 15 is 0 Å². The van der Waals surface area contributed by atoms with Gasteiger partial charge in [0.15, 0.2) is 0 Å². The molecule has 1 unspecified atom stereocenters. The monoisotopic (exact) mass is 304 g/mol. The van der Waals surface area contributed by atoms with E-state index < -0.39 is 10.0 Å². The van der Waals surface area contributed by atoms with Gasteiger partial charge in [-0.3, -0.25) is 0 Å². The Labute approximate surface area is 118 Å². The molecule has 1 saturated heterocycles. The lowest BCUT2D eigenvalue weighted by molar-refractivity contribution is 0.0393. The summed E-state index contributed by atoms with van der Waals surface area (Å²) in [7, 11) is -1.53. The fourth-order valence-electron chi connectivity index (χ4n) is 2.14. The number of ether oxygens (including phenoxy) is 1. The summed E-state index contributed by atoms with van der Waals surface area (Å²) >= 11 is 1.35. The molecule has 0 bridgehead atoms. The predicted octanol–water partition coefficient (Wildman–Crippen LogP) is 1.19. The maximum Gasteiger partial charge on any atom is 0.252 e. The lowest BCUT2D eigenvalue weighted by Crippen LogP contribution is -2.46. The Morgan fingerprint density at radius 3 is 2.95 bits per heavy atom. The third kappa shape index (κ3) is 3.00. The average Bonchev–Trinajstić information content (AvgIpc) is 2.73. The van der Waals surface area contributed by atoms with Crippen molar-refractivity contribution in [2.75, 3.05) is 26.8 Å². The van der Waals surface area contributed by atoms with E-state index in [4.69, 9.17) is 4.74 Å². The molecule has 1 aromatic heterocycles. The number of morpholine rings is 1. The third-order valence-electron chi connectivity index (χ3n) is 3.20. The molecule has 1 aliphatic rings. The molecule has 1 atom stereocenters. The molecule has 2 heterocycles. The van der Waals surface area contributed by atoms with Crippen LogP contribution in [-0.4, -0.2) is 45.6 Å². The first-order chi connectivity index (χ1) is 8.96. The molecule has 108 valence electrons. The Balaban J connectivity index is 2.30. The molecular formula is C12H20N2O3S2. The Hall–Kier alpha value is -0.470. The van der Waals surface area contributed by atoms with Gasteiger partial charge in [-0.15, -0.1) is 11.3 Å². The third-order valence-corrected chi connectivity index (χ3v) is 6.90. The molecule has 0 spiro atoms. The Morgan fingerprint density at radius 2 is 2.32 bits per heavy atom. The Kier molecular flexibility index (Phi) is 4.62. The highest BCUT2D eigenvalue weighted by Crippen LogP contribution is 2.30. The molecule has 0 aromatic carbocycles. The van der Waals surface area contributed by atoms with E-state index in [2.05, 4.69) is 5.32 Å². The first-order valence-electron chi connectivity index (χ1n) is 6.30. The zero-order valence-corrected chi connectivity index (χ0v) is 13.1. The minimum atomic E-state index is -3.39. The standard InChI is InChI=1S/C12H20N2O3S2/c1-9-6-12(18-11(9)7-13-3)19(15,16)14-4-5-17-8-10(14)2/h6,10,13H,4-5,7-8H2,1-3H3. The molecule has 0 amide bonds. The van der Waals surface area contributed by atoms with Crippen molar-refractivity contribution in [1.29, 1.82) is 0 Å². The number of rotatable bonds is 4. The Bertz CT molecular complexity index is 539. The fourth-order valence-corrected chi connectivity index (χ4v) is 5.47. The number of hydrogen-bond donors (Lipinski definition) is 1. The van der Waals surface area contributed by atoms with Crippen LogP contribution < -0.4 is 5.32 Å². The molecule has 2 rings (SSSR count). The minimum absolute atomic E-state index is 0.103. The van der Waals surface area contributed by atoms with Crippen molar-refractivity contribution in [3.8, 4) is 0 Å². The van der Waals surface area contributed by atoms with E-state index in [0.717, 1.165) is 10.4 Å². The summed E-state index contributed by atoms with van der Waals surface area (Å²) in [6.45, 7) is 5.90. The highest BCUT2D eigenvalue weighted by atomic mass is 32.2. The van der Waals surface area contributed by atoms with Crippen molar-refractivity contribution in [3.63, 3.8) is 0 Å². The van der Waals surface area contributed by atoms with Crippen LogP contribution in [0.2, 0.25) is 0 Å². The fraction of sp³-hybridized carbons (Fsp3) is 0.667. The number of aryl methyl sites for hydroxylation is 1. The van der Waals surface area contributed by atoms with Crippen LogP contribution in [0.3, 0.4) is 0 Å². The zero-order chi connectivity index (χ0) is 14.0. The number of hydrogen-bond acceptors (Lipinski definition) is 5. The van der Waals surface area contributed by atoms with Crippen molar-refractivity contribution in [1.82, 2.24) is 9.62 Å². The van der Waals surface area contributed by atoms with Gasteiger partial charge in [-0.2, -0.15) is 4.31 Å². The number of thiophene rings is 1. The highest BCUT2D eigenvalue weighted by molar-refractivity contribution is 7.91. The highest BCUT2D eigenvalue weighted by Gasteiger charge is 2.32. The molecular weight excluding hydrogens is 284 g/mol. The van der Waals surface area contributed by atoms with Gasteiger partial charge in [0.25, 0.3) is 10.0 Å². The normalized spacial score (nSPS) is 21.7. The number of nitrogens with one attached hydrogen (secondary N) is 1. The van der Waals surface area contributed by atoms with E-state index in [9.17, 15) is 8.42 Å². The van der Waals surface area contributed by atoms with Crippen LogP contribution >= 0.6 is 11.3 Å². The summed E-state index contributed by atoms with van der Waals surface area (Å²) < 4.78 is 32.5. The van der Waals surface area contributed by atoms with Crippen LogP contribution in [0.4, 0.5) is 0 Å². The second kappa shape index (κ2) is 5.88. The van der Waals surface area contributed by atoms with Gasteiger partial charge >= 0.3 is 0 Å². The number of sulfonamides is 1. The molecule has 1 aromatic rings. The van der Waals surface area contributed by atoms with Gasteiger partial charge in [0.2, 0.25) is 0 Å². The van der Waals surface area contributed by atoms with Gasteiger partial charge in [0.05, 0.1) is 13.2 Å². The van der Waals surface area contributed by atoms with Gasteiger partial charge in [-0.1, -0.05) is 0 Å². The van der Waals surface area contributed by atoms with Crippen molar-refractivity contribution in [3.05, 3.63) is 16.5 Å². The molecule has 7 heteroatoms. The topological polar surface area (TPSA) is 58.6 Å². The summed E-state index contributed by atoms with van der Waals surface area (Å²) in [5.41, 5.74) is 1.03. The second-order valence-corrected chi connectivity index (χ2v) is 8.00. The summed E-state index contributed by atoms with van der Waals surface area (Å²) in [5, 5.41) is 3.06. The smallest absolute Gasteiger partial charge is 0.252 e. The largest absolute Gasteiger partial charge is 0.378 e. The first-order valence-corrected chi connectivity index (χ1v) is 8.56. The van der Waals surface area contributed by atoms with Crippen LogP contribution in [-0.2, 0) is 21.3 Å². The van der Waals surface area contributed by atoms with E-state index in [1.54, 1.807) is 10.4 Å². The zero-order valence-electron chi connectivity index (χ0n) is 11.5. The van der Waals surface area contributed by atoms with Crippen molar-refractivity contribution < 1.29 is 13.2 Å². The van der Waals surface area contributed by atoms with Crippen LogP contribution in [0.15, 0.2) is 10.3 Å². The number of nitrogens with zero attached hydrogens (tertiary/aromatic N) is 1. The van der Waals surface area contributed by atoms with Crippen molar-refractivity contribution >= 4 is 21.4 Å². The summed E-state index contributed by atoms with van der Waals surface area (Å²) in [6, 6.07) is 1.67. The van der Waals surface area contributed by atoms with Crippen LogP contribution in [0.25, 0.3) is 0 Å². The van der Waals surface area contributed by atoms with Crippen LogP contribution in [0.5, 0.6) is 0 Å². The molecule has 5 nitrogen and oxygen atoms in total. The van der Waals surface area contributed by atoms with Gasteiger partial charge in [-0.05, 0) is 32.5 Å². The molecule has 19 heavy (non-hydrogen) atoms. The quantitative estimate of drug-likeness (QED) is 0.907. The summed E-state index contributed by atoms with van der Waals surface area (Å²) in [4.78, 5) is 1.07. The first kappa shape index (κ1) is 14.9. The van der Waals surface area contributed by atoms with E-state index in [1.165, 1.54) is 11.3 Å². The van der Waals surface area contributed by atoms with E-state index in [0.29, 0.717) is 30.5 Å². The predicted molar refractivity (Wildman–Crippen MR) is 76.0 cm³/mol. The van der Waals surface area contributed by atoms with Crippen LogP contribution in [0, 0.1) is 6.92 Å². The lowest BCUT2D eigenvalue weighted by atomic mass is 10.3. The van der Waals surface area contributed by atoms with Crippen molar-refractivity contribution in [2.24, 2.45) is 0 Å². The van der Waals surface area contributed by atoms with Gasteiger partial charge in [-0.25, -0.2) is 8.42 Å². The summed E-state index contributed by atoms with van der Waals surface area (Å²) in [5.74, 6) is 0. The van der Waals surface area contributed by atoms with Gasteiger partial charge in [0.1, 0.15) is 4.21 Å². The average molecular weight is 304 g/mol. The SMILES string of the molecule is CNCc1sc(S(=O)(=O)N2CCOCC2C)cc1C. The molecule has 1 aliphatic heterocycles. The molecule has 1 N–H and O–H groups in total. The summed E-state index contributed by atoms with van der Waals surface area (Å²) in [6.07, 6.45) is 0. The Morgan fingerprint density at radius 1 is 1.58 bits per heavy atom. The molecule has 0 radical (unpaired) electrons. The second-order valence-electron chi connectivity index (χ2n) is 4.74. The van der Waals surface area contributed by atoms with E-state index in [-0.39, 0.29) is 6.04 Å². The lowest BCUT2D eigenvalue weighted by Gasteiger charge is -2.31. The molecule has 0 saturated carbocycles. The van der Waals surface area contributed by atoms with Gasteiger partial charge < -0.3 is 10.1 Å². The molecule has 1 fully saturated rings. The van der Waals surface area contributed by atoms with Crippen LogP contribution in [0.1, 0.15) is 17.4 Å². The maximum absolute atomic E-state index is 12.6. The van der Waals surface area contributed by atoms with Gasteiger partial charge in [0, 0.05) is 24.0 Å². The minimum Gasteiger partial charge on any atom is -0.378 e. The van der Waals surface area contributed by atoms with E-state index in [1.807, 2.05) is 20.9 Å². The maximum atomic E-state index is 12.6.